The Kier molecular flexibility index (Phi) is 5.87. The molecule has 0 spiro atoms. The van der Waals surface area contributed by atoms with Gasteiger partial charge in [0, 0.05) is 4.88 Å². The summed E-state index contributed by atoms with van der Waals surface area (Å²) in [5.41, 5.74) is 0.926. The van der Waals surface area contributed by atoms with E-state index < -0.39 is 5.82 Å². The molecule has 1 aromatic heterocycles. The summed E-state index contributed by atoms with van der Waals surface area (Å²) in [6.45, 7) is 2.95. The Bertz CT molecular complexity index is 583. The van der Waals surface area contributed by atoms with E-state index in [1.165, 1.54) is 6.07 Å². The van der Waals surface area contributed by atoms with Crippen molar-refractivity contribution < 1.29 is 4.39 Å². The van der Waals surface area contributed by atoms with Gasteiger partial charge in [0.2, 0.25) is 0 Å². The Balaban J connectivity index is 2.38. The summed E-state index contributed by atoms with van der Waals surface area (Å²) < 4.78 is 14.2. The second-order valence-electron chi connectivity index (χ2n) is 4.33. The normalized spacial score (nSPS) is 12.7. The Morgan fingerprint density at radius 2 is 2.05 bits per heavy atom. The summed E-state index contributed by atoms with van der Waals surface area (Å²) in [5.74, 6) is -0.407. The summed E-state index contributed by atoms with van der Waals surface area (Å²) in [6.07, 6.45) is 1.01. The number of rotatable bonds is 5. The van der Waals surface area contributed by atoms with Crippen LogP contribution in [0.25, 0.3) is 0 Å². The van der Waals surface area contributed by atoms with E-state index >= 15 is 0 Å². The third-order valence-electron chi connectivity index (χ3n) is 2.82. The Labute approximate surface area is 140 Å². The molecule has 1 unspecified atom stereocenters. The fraction of sp³-hybridized carbons (Fsp3) is 0.286. The van der Waals surface area contributed by atoms with Crippen LogP contribution < -0.4 is 5.32 Å². The lowest BCUT2D eigenvalue weighted by Crippen LogP contribution is -2.22. The number of benzene rings is 1. The van der Waals surface area contributed by atoms with Crippen molar-refractivity contribution in [3.05, 3.63) is 54.4 Å². The van der Waals surface area contributed by atoms with Gasteiger partial charge in [0.05, 0.1) is 19.9 Å². The second-order valence-corrected chi connectivity index (χ2v) is 7.55. The van der Waals surface area contributed by atoms with Crippen molar-refractivity contribution in [1.29, 1.82) is 0 Å². The Hall–Kier alpha value is -0.130. The molecule has 0 bridgehead atoms. The van der Waals surface area contributed by atoms with E-state index in [4.69, 9.17) is 23.2 Å². The van der Waals surface area contributed by atoms with Gasteiger partial charge < -0.3 is 5.32 Å². The molecule has 108 valence electrons. The molecule has 0 fully saturated rings. The SMILES string of the molecule is CCCNC(c1ccc(F)c(Cl)c1)c1cc(Cl)c(Br)s1. The highest BCUT2D eigenvalue weighted by Gasteiger charge is 2.18. The van der Waals surface area contributed by atoms with Crippen LogP contribution in [0.5, 0.6) is 0 Å². The van der Waals surface area contributed by atoms with Crippen LogP contribution in [0.4, 0.5) is 4.39 Å². The molecule has 20 heavy (non-hydrogen) atoms. The number of halogens is 4. The van der Waals surface area contributed by atoms with Crippen molar-refractivity contribution in [3.63, 3.8) is 0 Å². The number of thiophene rings is 1. The van der Waals surface area contributed by atoms with Crippen LogP contribution in [0.1, 0.15) is 29.8 Å². The highest BCUT2D eigenvalue weighted by molar-refractivity contribution is 9.11. The van der Waals surface area contributed by atoms with Crippen molar-refractivity contribution >= 4 is 50.5 Å². The molecule has 1 aromatic carbocycles. The molecule has 0 saturated carbocycles. The molecule has 0 aliphatic carbocycles. The summed E-state index contributed by atoms with van der Waals surface area (Å²) in [6, 6.07) is 6.67. The maximum absolute atomic E-state index is 13.3. The standard InChI is InChI=1S/C14H13BrCl2FNS/c1-2-5-19-13(12-7-10(17)14(15)20-12)8-3-4-11(18)9(16)6-8/h3-4,6-7,13,19H,2,5H2,1H3. The topological polar surface area (TPSA) is 12.0 Å². The quantitative estimate of drug-likeness (QED) is 0.648. The van der Waals surface area contributed by atoms with E-state index in [2.05, 4.69) is 28.2 Å². The number of hydrogen-bond donors (Lipinski definition) is 1. The highest BCUT2D eigenvalue weighted by atomic mass is 79.9. The van der Waals surface area contributed by atoms with Gasteiger partial charge in [-0.2, -0.15) is 0 Å². The lowest BCUT2D eigenvalue weighted by atomic mass is 10.1. The van der Waals surface area contributed by atoms with E-state index in [0.717, 1.165) is 27.2 Å². The minimum atomic E-state index is -0.407. The van der Waals surface area contributed by atoms with Crippen LogP contribution >= 0.6 is 50.5 Å². The van der Waals surface area contributed by atoms with Gasteiger partial charge in [-0.05, 0) is 52.7 Å². The molecule has 0 aliphatic heterocycles. The third-order valence-corrected chi connectivity index (χ3v) is 5.65. The predicted molar refractivity (Wildman–Crippen MR) is 88.6 cm³/mol. The first-order valence-corrected chi connectivity index (χ1v) is 8.52. The van der Waals surface area contributed by atoms with Gasteiger partial charge in [0.1, 0.15) is 5.82 Å². The molecule has 2 rings (SSSR count). The minimum absolute atomic E-state index is 0.0400. The first-order valence-electron chi connectivity index (χ1n) is 6.16. The molecule has 1 N–H and O–H groups in total. The molecule has 2 aromatic rings. The molecule has 1 atom stereocenters. The summed E-state index contributed by atoms with van der Waals surface area (Å²) in [7, 11) is 0. The second kappa shape index (κ2) is 7.23. The lowest BCUT2D eigenvalue weighted by Gasteiger charge is -2.18. The molecule has 0 saturated heterocycles. The zero-order valence-corrected chi connectivity index (χ0v) is 14.6. The maximum atomic E-state index is 13.3. The van der Waals surface area contributed by atoms with Crippen molar-refractivity contribution in [2.45, 2.75) is 19.4 Å². The van der Waals surface area contributed by atoms with E-state index in [0.29, 0.717) is 5.02 Å². The third kappa shape index (κ3) is 3.74. The van der Waals surface area contributed by atoms with Gasteiger partial charge in [-0.25, -0.2) is 4.39 Å². The average Bonchev–Trinajstić information content (AvgIpc) is 2.74. The van der Waals surface area contributed by atoms with E-state index in [-0.39, 0.29) is 11.1 Å². The fourth-order valence-corrected chi connectivity index (χ4v) is 3.91. The number of nitrogens with one attached hydrogen (secondary N) is 1. The molecule has 0 aliphatic rings. The van der Waals surface area contributed by atoms with Gasteiger partial charge in [0.25, 0.3) is 0 Å². The summed E-state index contributed by atoms with van der Waals surface area (Å²) >= 11 is 17.0. The lowest BCUT2D eigenvalue weighted by molar-refractivity contribution is 0.599. The summed E-state index contributed by atoms with van der Waals surface area (Å²) in [4.78, 5) is 1.07. The monoisotopic (exact) mass is 395 g/mol. The molecular formula is C14H13BrCl2FNS. The van der Waals surface area contributed by atoms with Gasteiger partial charge >= 0.3 is 0 Å². The Morgan fingerprint density at radius 1 is 1.30 bits per heavy atom. The van der Waals surface area contributed by atoms with Gasteiger partial charge in [-0.15, -0.1) is 11.3 Å². The van der Waals surface area contributed by atoms with Gasteiger partial charge in [-0.3, -0.25) is 0 Å². The van der Waals surface area contributed by atoms with Crippen LogP contribution in [0, 0.1) is 5.82 Å². The molecule has 0 amide bonds. The first-order chi connectivity index (χ1) is 9.52. The average molecular weight is 397 g/mol. The van der Waals surface area contributed by atoms with Crippen LogP contribution in [-0.2, 0) is 0 Å². The molecule has 0 radical (unpaired) electrons. The van der Waals surface area contributed by atoms with Crippen molar-refractivity contribution in [2.75, 3.05) is 6.54 Å². The van der Waals surface area contributed by atoms with E-state index in [9.17, 15) is 4.39 Å². The van der Waals surface area contributed by atoms with Crippen molar-refractivity contribution in [2.24, 2.45) is 0 Å². The molecule has 1 heterocycles. The van der Waals surface area contributed by atoms with Crippen molar-refractivity contribution in [1.82, 2.24) is 5.32 Å². The van der Waals surface area contributed by atoms with Crippen molar-refractivity contribution in [3.8, 4) is 0 Å². The van der Waals surface area contributed by atoms with Crippen LogP contribution in [0.15, 0.2) is 28.1 Å². The molecular weight excluding hydrogens is 384 g/mol. The Morgan fingerprint density at radius 3 is 2.60 bits per heavy atom. The minimum Gasteiger partial charge on any atom is -0.306 e. The largest absolute Gasteiger partial charge is 0.306 e. The summed E-state index contributed by atoms with van der Waals surface area (Å²) in [5, 5.41) is 4.25. The number of hydrogen-bond acceptors (Lipinski definition) is 2. The van der Waals surface area contributed by atoms with Crippen LogP contribution in [0.3, 0.4) is 0 Å². The maximum Gasteiger partial charge on any atom is 0.141 e. The first kappa shape index (κ1) is 16.2. The van der Waals surface area contributed by atoms with Crippen LogP contribution in [-0.4, -0.2) is 6.54 Å². The van der Waals surface area contributed by atoms with E-state index in [1.807, 2.05) is 6.07 Å². The zero-order valence-electron chi connectivity index (χ0n) is 10.7. The fourth-order valence-electron chi connectivity index (χ4n) is 1.87. The molecule has 1 nitrogen and oxygen atoms in total. The van der Waals surface area contributed by atoms with Crippen LogP contribution in [0.2, 0.25) is 10.0 Å². The van der Waals surface area contributed by atoms with Gasteiger partial charge in [0.15, 0.2) is 0 Å². The van der Waals surface area contributed by atoms with Gasteiger partial charge in [-0.1, -0.05) is 36.2 Å². The highest BCUT2D eigenvalue weighted by Crippen LogP contribution is 2.38. The smallest absolute Gasteiger partial charge is 0.141 e. The van der Waals surface area contributed by atoms with E-state index in [1.54, 1.807) is 23.5 Å². The zero-order chi connectivity index (χ0) is 14.7. The predicted octanol–water partition coefficient (Wildman–Crippen LogP) is 6.05. The molecule has 6 heteroatoms.